The van der Waals surface area contributed by atoms with Gasteiger partial charge in [-0.05, 0) is 30.5 Å². The zero-order chi connectivity index (χ0) is 12.6. The van der Waals surface area contributed by atoms with Crippen LogP contribution in [0.1, 0.15) is 31.2 Å². The van der Waals surface area contributed by atoms with Crippen molar-refractivity contribution in [1.82, 2.24) is 0 Å². The summed E-state index contributed by atoms with van der Waals surface area (Å²) < 4.78 is 13.4. The number of benzene rings is 1. The van der Waals surface area contributed by atoms with Crippen molar-refractivity contribution in [3.8, 4) is 5.75 Å². The molecule has 2 rings (SSSR count). The second-order valence-electron chi connectivity index (χ2n) is 4.38. The molecule has 0 radical (unpaired) electrons. The Hall–Kier alpha value is -1.29. The van der Waals surface area contributed by atoms with E-state index in [9.17, 15) is 19.4 Å². The van der Waals surface area contributed by atoms with Crippen molar-refractivity contribution in [2.24, 2.45) is 0 Å². The number of hydrogen-bond acceptors (Lipinski definition) is 2. The second-order valence-corrected chi connectivity index (χ2v) is 4.79. The summed E-state index contributed by atoms with van der Waals surface area (Å²) in [6, 6.07) is 2.42. The lowest BCUT2D eigenvalue weighted by Crippen LogP contribution is -2.32. The quantitative estimate of drug-likeness (QED) is 0.857. The molecule has 1 saturated carbocycles. The second kappa shape index (κ2) is 4.18. The lowest BCUT2D eigenvalue weighted by atomic mass is 9.79. The van der Waals surface area contributed by atoms with E-state index in [2.05, 4.69) is 0 Å². The third kappa shape index (κ3) is 1.86. The molecular weight excluding hydrogens is 247 g/mol. The Balaban J connectivity index is 2.55. The van der Waals surface area contributed by atoms with Crippen molar-refractivity contribution in [3.05, 3.63) is 28.5 Å². The fourth-order valence-electron chi connectivity index (χ4n) is 2.45. The zero-order valence-electron chi connectivity index (χ0n) is 9.04. The van der Waals surface area contributed by atoms with Crippen molar-refractivity contribution < 1.29 is 19.4 Å². The minimum absolute atomic E-state index is 0.146. The molecule has 1 aliphatic rings. The summed E-state index contributed by atoms with van der Waals surface area (Å²) >= 11 is 5.68. The number of aromatic hydroxyl groups is 1. The maximum Gasteiger partial charge on any atom is 0.314 e. The number of carbonyl (C=O) groups is 1. The monoisotopic (exact) mass is 258 g/mol. The minimum Gasteiger partial charge on any atom is -0.504 e. The average Bonchev–Trinajstić information content (AvgIpc) is 2.75. The third-order valence-electron chi connectivity index (χ3n) is 3.44. The molecule has 0 heterocycles. The molecule has 1 fully saturated rings. The van der Waals surface area contributed by atoms with Gasteiger partial charge in [-0.3, -0.25) is 4.79 Å². The number of phenols is 1. The van der Waals surface area contributed by atoms with Crippen molar-refractivity contribution in [1.29, 1.82) is 0 Å². The number of aliphatic carboxylic acids is 1. The Morgan fingerprint density at radius 2 is 1.94 bits per heavy atom. The number of halogens is 2. The lowest BCUT2D eigenvalue weighted by molar-refractivity contribution is -0.143. The largest absolute Gasteiger partial charge is 0.504 e. The maximum absolute atomic E-state index is 13.4. The van der Waals surface area contributed by atoms with Crippen LogP contribution in [0.3, 0.4) is 0 Å². The van der Waals surface area contributed by atoms with Gasteiger partial charge < -0.3 is 10.2 Å². The third-order valence-corrected chi connectivity index (χ3v) is 3.72. The molecule has 3 nitrogen and oxygen atoms in total. The Bertz CT molecular complexity index is 444. The summed E-state index contributed by atoms with van der Waals surface area (Å²) in [6.07, 6.45) is 2.55. The molecule has 0 atom stereocenters. The van der Waals surface area contributed by atoms with E-state index >= 15 is 0 Å². The van der Waals surface area contributed by atoms with Gasteiger partial charge in [-0.15, -0.1) is 0 Å². The number of hydrogen-bond donors (Lipinski definition) is 2. The van der Waals surface area contributed by atoms with Crippen molar-refractivity contribution in [2.45, 2.75) is 31.1 Å². The van der Waals surface area contributed by atoms with Gasteiger partial charge in [-0.2, -0.15) is 0 Å². The summed E-state index contributed by atoms with van der Waals surface area (Å²) in [7, 11) is 0. The van der Waals surface area contributed by atoms with E-state index in [-0.39, 0.29) is 5.02 Å². The van der Waals surface area contributed by atoms with Crippen LogP contribution in [-0.4, -0.2) is 16.2 Å². The van der Waals surface area contributed by atoms with Gasteiger partial charge >= 0.3 is 5.97 Å². The molecule has 0 saturated heterocycles. The van der Waals surface area contributed by atoms with E-state index < -0.39 is 23.0 Å². The minimum atomic E-state index is -1.06. The first-order chi connectivity index (χ1) is 7.97. The smallest absolute Gasteiger partial charge is 0.314 e. The molecule has 5 heteroatoms. The molecule has 1 aromatic carbocycles. The lowest BCUT2D eigenvalue weighted by Gasteiger charge is -2.24. The van der Waals surface area contributed by atoms with E-state index in [1.807, 2.05) is 0 Å². The van der Waals surface area contributed by atoms with Crippen molar-refractivity contribution in [3.63, 3.8) is 0 Å². The maximum atomic E-state index is 13.4. The van der Waals surface area contributed by atoms with E-state index in [1.165, 1.54) is 6.07 Å². The molecule has 0 unspecified atom stereocenters. The van der Waals surface area contributed by atoms with Crippen LogP contribution in [0.15, 0.2) is 12.1 Å². The molecule has 0 aromatic heterocycles. The first-order valence-electron chi connectivity index (χ1n) is 5.39. The fraction of sp³-hybridized carbons (Fsp3) is 0.417. The number of carboxylic acids is 1. The molecule has 0 bridgehead atoms. The van der Waals surface area contributed by atoms with Crippen LogP contribution in [0.5, 0.6) is 5.75 Å². The first kappa shape index (κ1) is 12.2. The average molecular weight is 259 g/mol. The van der Waals surface area contributed by atoms with E-state index in [0.717, 1.165) is 18.9 Å². The number of rotatable bonds is 2. The zero-order valence-corrected chi connectivity index (χ0v) is 9.80. The van der Waals surface area contributed by atoms with Crippen LogP contribution in [0.2, 0.25) is 5.02 Å². The summed E-state index contributed by atoms with van der Waals surface area (Å²) in [5.41, 5.74) is -0.721. The molecule has 1 aliphatic carbocycles. The first-order valence-corrected chi connectivity index (χ1v) is 5.77. The molecule has 92 valence electrons. The highest BCUT2D eigenvalue weighted by atomic mass is 35.5. The molecule has 0 aliphatic heterocycles. The highest BCUT2D eigenvalue weighted by Crippen LogP contribution is 2.43. The fourth-order valence-corrected chi connectivity index (χ4v) is 2.65. The number of phenolic OH excluding ortho intramolecular Hbond substituents is 1. The van der Waals surface area contributed by atoms with Crippen LogP contribution in [0.25, 0.3) is 0 Å². The van der Waals surface area contributed by atoms with Gasteiger partial charge in [0.2, 0.25) is 0 Å². The topological polar surface area (TPSA) is 57.5 Å². The Labute approximate surface area is 103 Å². The summed E-state index contributed by atoms with van der Waals surface area (Å²) in [6.45, 7) is 0. The van der Waals surface area contributed by atoms with E-state index in [4.69, 9.17) is 11.6 Å². The van der Waals surface area contributed by atoms with Gasteiger partial charge in [0.05, 0.1) is 10.4 Å². The van der Waals surface area contributed by atoms with Gasteiger partial charge in [0.1, 0.15) is 0 Å². The molecule has 2 N–H and O–H groups in total. The van der Waals surface area contributed by atoms with Crippen LogP contribution in [-0.2, 0) is 10.2 Å². The van der Waals surface area contributed by atoms with Crippen LogP contribution < -0.4 is 0 Å². The predicted molar refractivity (Wildman–Crippen MR) is 60.9 cm³/mol. The normalized spacial score (nSPS) is 18.2. The van der Waals surface area contributed by atoms with Crippen LogP contribution >= 0.6 is 11.6 Å². The Morgan fingerprint density at radius 3 is 2.41 bits per heavy atom. The molecular formula is C12H12ClFO3. The Kier molecular flexibility index (Phi) is 3.00. The highest BCUT2D eigenvalue weighted by Gasteiger charge is 2.43. The summed E-state index contributed by atoms with van der Waals surface area (Å²) in [5, 5.41) is 18.4. The van der Waals surface area contributed by atoms with Crippen molar-refractivity contribution in [2.75, 3.05) is 0 Å². The van der Waals surface area contributed by atoms with Gasteiger partial charge in [0.25, 0.3) is 0 Å². The van der Waals surface area contributed by atoms with E-state index in [1.54, 1.807) is 0 Å². The number of carboxylic acid groups (broad SMARTS) is 1. The van der Waals surface area contributed by atoms with Gasteiger partial charge in [-0.25, -0.2) is 4.39 Å². The van der Waals surface area contributed by atoms with E-state index in [0.29, 0.717) is 18.4 Å². The summed E-state index contributed by atoms with van der Waals surface area (Å²) in [4.78, 5) is 11.4. The molecule has 0 amide bonds. The SMILES string of the molecule is O=C(O)C1(c2cc(F)c(O)c(Cl)c2)CCCC1. The van der Waals surface area contributed by atoms with Gasteiger partial charge in [-0.1, -0.05) is 24.4 Å². The standard InChI is InChI=1S/C12H12ClFO3/c13-8-5-7(6-9(14)10(8)15)12(11(16)17)3-1-2-4-12/h5-6,15H,1-4H2,(H,16,17). The molecule has 17 heavy (non-hydrogen) atoms. The molecule has 0 spiro atoms. The predicted octanol–water partition coefficient (Wildman–Crippen LogP) is 3.08. The summed E-state index contributed by atoms with van der Waals surface area (Å²) in [5.74, 6) is -2.47. The van der Waals surface area contributed by atoms with Crippen LogP contribution in [0, 0.1) is 5.82 Å². The van der Waals surface area contributed by atoms with Gasteiger partial charge in [0, 0.05) is 0 Å². The van der Waals surface area contributed by atoms with Crippen molar-refractivity contribution >= 4 is 17.6 Å². The molecule has 1 aromatic rings. The van der Waals surface area contributed by atoms with Crippen LogP contribution in [0.4, 0.5) is 4.39 Å². The highest BCUT2D eigenvalue weighted by molar-refractivity contribution is 6.32. The Morgan fingerprint density at radius 1 is 1.35 bits per heavy atom. The van der Waals surface area contributed by atoms with Gasteiger partial charge in [0.15, 0.2) is 11.6 Å².